The summed E-state index contributed by atoms with van der Waals surface area (Å²) in [6.07, 6.45) is 3.31. The van der Waals surface area contributed by atoms with Crippen LogP contribution in [0.1, 0.15) is 27.3 Å². The van der Waals surface area contributed by atoms with Gasteiger partial charge < -0.3 is 5.11 Å². The normalized spacial score (nSPS) is 10.5. The standard InChI is InChI=1S/C12H13N3O2/c1-8-3-4-10(5-13-8)6-15-7-11(12(16)17)9(2)14-15/h3-5,7H,6H2,1-2H3,(H,16,17). The van der Waals surface area contributed by atoms with Crippen LogP contribution in [-0.4, -0.2) is 25.8 Å². The van der Waals surface area contributed by atoms with E-state index in [0.29, 0.717) is 12.2 Å². The summed E-state index contributed by atoms with van der Waals surface area (Å²) in [4.78, 5) is 15.0. The summed E-state index contributed by atoms with van der Waals surface area (Å²) in [5, 5.41) is 13.1. The van der Waals surface area contributed by atoms with Gasteiger partial charge >= 0.3 is 5.97 Å². The molecule has 0 fully saturated rings. The number of carboxylic acids is 1. The van der Waals surface area contributed by atoms with Gasteiger partial charge in [0.05, 0.1) is 12.2 Å². The van der Waals surface area contributed by atoms with E-state index in [0.717, 1.165) is 11.3 Å². The lowest BCUT2D eigenvalue weighted by Crippen LogP contribution is -2.01. The number of hydrogen-bond acceptors (Lipinski definition) is 3. The van der Waals surface area contributed by atoms with Gasteiger partial charge in [-0.3, -0.25) is 9.67 Å². The predicted octanol–water partition coefficient (Wildman–Crippen LogP) is 1.64. The molecule has 0 aliphatic rings. The second-order valence-electron chi connectivity index (χ2n) is 3.94. The van der Waals surface area contributed by atoms with Crippen molar-refractivity contribution in [2.45, 2.75) is 20.4 Å². The Labute approximate surface area is 98.7 Å². The Balaban J connectivity index is 2.22. The SMILES string of the molecule is Cc1ccc(Cn2cc(C(=O)O)c(C)n2)cn1. The minimum Gasteiger partial charge on any atom is -0.478 e. The molecule has 0 unspecified atom stereocenters. The quantitative estimate of drug-likeness (QED) is 0.871. The second-order valence-corrected chi connectivity index (χ2v) is 3.94. The van der Waals surface area contributed by atoms with Gasteiger partial charge in [-0.1, -0.05) is 6.07 Å². The van der Waals surface area contributed by atoms with Crippen molar-refractivity contribution in [1.29, 1.82) is 0 Å². The van der Waals surface area contributed by atoms with Crippen LogP contribution in [0.25, 0.3) is 0 Å². The van der Waals surface area contributed by atoms with Crippen molar-refractivity contribution >= 4 is 5.97 Å². The molecular formula is C12H13N3O2. The van der Waals surface area contributed by atoms with Crippen LogP contribution in [-0.2, 0) is 6.54 Å². The van der Waals surface area contributed by atoms with Crippen molar-refractivity contribution in [3.05, 3.63) is 47.0 Å². The molecule has 2 aromatic heterocycles. The fourth-order valence-electron chi connectivity index (χ4n) is 1.59. The lowest BCUT2D eigenvalue weighted by molar-refractivity contribution is 0.0696. The first-order valence-electron chi connectivity index (χ1n) is 5.25. The van der Waals surface area contributed by atoms with Crippen LogP contribution in [0.5, 0.6) is 0 Å². The van der Waals surface area contributed by atoms with Crippen molar-refractivity contribution in [2.24, 2.45) is 0 Å². The number of hydrogen-bond donors (Lipinski definition) is 1. The number of carboxylic acid groups (broad SMARTS) is 1. The molecule has 5 nitrogen and oxygen atoms in total. The Kier molecular flexibility index (Phi) is 2.91. The van der Waals surface area contributed by atoms with Crippen molar-refractivity contribution in [3.63, 3.8) is 0 Å². The molecule has 0 bridgehead atoms. The third kappa shape index (κ3) is 2.50. The maximum Gasteiger partial charge on any atom is 0.339 e. The zero-order valence-electron chi connectivity index (χ0n) is 9.71. The smallest absolute Gasteiger partial charge is 0.339 e. The average Bonchev–Trinajstić information content (AvgIpc) is 2.63. The molecule has 0 radical (unpaired) electrons. The van der Waals surface area contributed by atoms with E-state index in [4.69, 9.17) is 5.11 Å². The monoisotopic (exact) mass is 231 g/mol. The zero-order chi connectivity index (χ0) is 12.4. The van der Waals surface area contributed by atoms with Crippen LogP contribution in [0, 0.1) is 13.8 Å². The topological polar surface area (TPSA) is 68.0 Å². The average molecular weight is 231 g/mol. The first-order valence-corrected chi connectivity index (χ1v) is 5.25. The van der Waals surface area contributed by atoms with Gasteiger partial charge in [0.25, 0.3) is 0 Å². The predicted molar refractivity (Wildman–Crippen MR) is 62.0 cm³/mol. The molecule has 0 saturated carbocycles. The highest BCUT2D eigenvalue weighted by Gasteiger charge is 2.11. The molecular weight excluding hydrogens is 218 g/mol. The number of rotatable bonds is 3. The maximum absolute atomic E-state index is 10.9. The molecule has 5 heteroatoms. The second kappa shape index (κ2) is 4.37. The fourth-order valence-corrected chi connectivity index (χ4v) is 1.59. The molecule has 88 valence electrons. The van der Waals surface area contributed by atoms with Gasteiger partial charge in [0.15, 0.2) is 0 Å². The Morgan fingerprint density at radius 1 is 1.41 bits per heavy atom. The van der Waals surface area contributed by atoms with Gasteiger partial charge in [-0.05, 0) is 25.5 Å². The summed E-state index contributed by atoms with van der Waals surface area (Å²) in [6, 6.07) is 3.88. The maximum atomic E-state index is 10.9. The van der Waals surface area contributed by atoms with E-state index >= 15 is 0 Å². The minimum atomic E-state index is -0.948. The van der Waals surface area contributed by atoms with Crippen molar-refractivity contribution < 1.29 is 9.90 Å². The van der Waals surface area contributed by atoms with Crippen molar-refractivity contribution in [3.8, 4) is 0 Å². The number of carbonyl (C=O) groups is 1. The van der Waals surface area contributed by atoms with E-state index in [1.54, 1.807) is 17.8 Å². The van der Waals surface area contributed by atoms with Gasteiger partial charge in [-0.25, -0.2) is 4.79 Å². The minimum absolute atomic E-state index is 0.241. The lowest BCUT2D eigenvalue weighted by Gasteiger charge is -2.01. The summed E-state index contributed by atoms with van der Waals surface area (Å²) in [5.74, 6) is -0.948. The molecule has 0 atom stereocenters. The number of aromatic carboxylic acids is 1. The third-order valence-corrected chi connectivity index (χ3v) is 2.49. The van der Waals surface area contributed by atoms with Crippen LogP contribution in [0.4, 0.5) is 0 Å². The molecule has 0 amide bonds. The fraction of sp³-hybridized carbons (Fsp3) is 0.250. The Hall–Kier alpha value is -2.17. The summed E-state index contributed by atoms with van der Waals surface area (Å²) < 4.78 is 1.62. The highest BCUT2D eigenvalue weighted by molar-refractivity contribution is 5.88. The molecule has 17 heavy (non-hydrogen) atoms. The molecule has 0 aliphatic heterocycles. The van der Waals surface area contributed by atoms with Crippen molar-refractivity contribution in [2.75, 3.05) is 0 Å². The van der Waals surface area contributed by atoms with Crippen LogP contribution < -0.4 is 0 Å². The Morgan fingerprint density at radius 3 is 2.71 bits per heavy atom. The van der Waals surface area contributed by atoms with Crippen LogP contribution >= 0.6 is 0 Å². The Morgan fingerprint density at radius 2 is 2.18 bits per heavy atom. The van der Waals surface area contributed by atoms with E-state index in [2.05, 4.69) is 10.1 Å². The Bertz CT molecular complexity index is 543. The lowest BCUT2D eigenvalue weighted by atomic mass is 10.2. The van der Waals surface area contributed by atoms with E-state index in [1.165, 1.54) is 6.20 Å². The van der Waals surface area contributed by atoms with Crippen LogP contribution in [0.3, 0.4) is 0 Å². The van der Waals surface area contributed by atoms with E-state index in [-0.39, 0.29) is 5.56 Å². The van der Waals surface area contributed by atoms with Gasteiger partial charge in [-0.15, -0.1) is 0 Å². The molecule has 0 spiro atoms. The molecule has 2 rings (SSSR count). The van der Waals surface area contributed by atoms with E-state index in [9.17, 15) is 4.79 Å². The molecule has 0 aromatic carbocycles. The molecule has 0 saturated heterocycles. The first-order chi connectivity index (χ1) is 8.06. The summed E-state index contributed by atoms with van der Waals surface area (Å²) in [6.45, 7) is 4.14. The number of pyridine rings is 1. The summed E-state index contributed by atoms with van der Waals surface area (Å²) in [5.41, 5.74) is 2.72. The van der Waals surface area contributed by atoms with Crippen LogP contribution in [0.2, 0.25) is 0 Å². The number of aromatic nitrogens is 3. The van der Waals surface area contributed by atoms with Crippen LogP contribution in [0.15, 0.2) is 24.5 Å². The van der Waals surface area contributed by atoms with E-state index in [1.807, 2.05) is 19.1 Å². The number of nitrogens with zero attached hydrogens (tertiary/aromatic N) is 3. The van der Waals surface area contributed by atoms with Gasteiger partial charge in [0.2, 0.25) is 0 Å². The van der Waals surface area contributed by atoms with Gasteiger partial charge in [-0.2, -0.15) is 5.10 Å². The third-order valence-electron chi connectivity index (χ3n) is 2.49. The highest BCUT2D eigenvalue weighted by atomic mass is 16.4. The zero-order valence-corrected chi connectivity index (χ0v) is 9.71. The highest BCUT2D eigenvalue weighted by Crippen LogP contribution is 2.08. The summed E-state index contributed by atoms with van der Waals surface area (Å²) >= 11 is 0. The first kappa shape index (κ1) is 11.3. The van der Waals surface area contributed by atoms with Gasteiger partial charge in [0, 0.05) is 18.1 Å². The molecule has 1 N–H and O–H groups in total. The van der Waals surface area contributed by atoms with E-state index < -0.39 is 5.97 Å². The number of aryl methyl sites for hydroxylation is 2. The molecule has 2 aromatic rings. The van der Waals surface area contributed by atoms with Crippen molar-refractivity contribution in [1.82, 2.24) is 14.8 Å². The summed E-state index contributed by atoms with van der Waals surface area (Å²) in [7, 11) is 0. The largest absolute Gasteiger partial charge is 0.478 e. The molecule has 0 aliphatic carbocycles. The molecule has 2 heterocycles. The van der Waals surface area contributed by atoms with Gasteiger partial charge in [0.1, 0.15) is 5.56 Å².